The molecule has 0 radical (unpaired) electrons. The zero-order chi connectivity index (χ0) is 21.4. The standard InChI is InChI=1S/C22H19N3O5S/c26-22(29-14-20-23-13-18(30-20)15-7-2-1-3-8-15)17-10-6-12-25(17)21-16-9-4-5-11-19(16)31(27,28)24-21/h1-5,7-9,11,13,17H,6,10,12,14H2. The molecule has 2 aliphatic heterocycles. The maximum atomic E-state index is 12.8. The van der Waals surface area contributed by atoms with Crippen LogP contribution >= 0.6 is 0 Å². The van der Waals surface area contributed by atoms with Crippen molar-refractivity contribution in [1.29, 1.82) is 0 Å². The Morgan fingerprint density at radius 1 is 1.13 bits per heavy atom. The summed E-state index contributed by atoms with van der Waals surface area (Å²) < 4.78 is 39.8. The number of sulfonamides is 1. The van der Waals surface area contributed by atoms with E-state index in [-0.39, 0.29) is 11.5 Å². The highest BCUT2D eigenvalue weighted by Gasteiger charge is 2.40. The zero-order valence-electron chi connectivity index (χ0n) is 16.5. The van der Waals surface area contributed by atoms with Crippen molar-refractivity contribution in [2.24, 2.45) is 4.40 Å². The Bertz CT molecular complexity index is 1270. The number of rotatable bonds is 4. The molecule has 2 aromatic carbocycles. The fourth-order valence-corrected chi connectivity index (χ4v) is 5.12. The van der Waals surface area contributed by atoms with Crippen molar-refractivity contribution in [2.45, 2.75) is 30.4 Å². The van der Waals surface area contributed by atoms with Crippen LogP contribution in [0.5, 0.6) is 0 Å². The zero-order valence-corrected chi connectivity index (χ0v) is 17.3. The summed E-state index contributed by atoms with van der Waals surface area (Å²) >= 11 is 0. The van der Waals surface area contributed by atoms with Crippen LogP contribution in [0, 0.1) is 0 Å². The third-order valence-corrected chi connectivity index (χ3v) is 6.68. The fourth-order valence-electron chi connectivity index (χ4n) is 3.90. The number of hydrogen-bond acceptors (Lipinski definition) is 7. The van der Waals surface area contributed by atoms with Crippen molar-refractivity contribution in [3.05, 3.63) is 72.2 Å². The van der Waals surface area contributed by atoms with Gasteiger partial charge in [-0.1, -0.05) is 42.5 Å². The maximum Gasteiger partial charge on any atom is 0.329 e. The molecular formula is C22H19N3O5S. The molecule has 2 aliphatic rings. The molecule has 0 bridgehead atoms. The molecule has 0 amide bonds. The fraction of sp³-hybridized carbons (Fsp3) is 0.227. The molecule has 8 nitrogen and oxygen atoms in total. The Morgan fingerprint density at radius 3 is 2.74 bits per heavy atom. The summed E-state index contributed by atoms with van der Waals surface area (Å²) in [5.74, 6) is 0.734. The lowest BCUT2D eigenvalue weighted by atomic mass is 10.1. The summed E-state index contributed by atoms with van der Waals surface area (Å²) in [5.41, 5.74) is 1.40. The number of benzene rings is 2. The number of ether oxygens (including phenoxy) is 1. The van der Waals surface area contributed by atoms with E-state index in [1.807, 2.05) is 30.3 Å². The molecule has 0 spiro atoms. The van der Waals surface area contributed by atoms with Gasteiger partial charge in [0.25, 0.3) is 10.0 Å². The van der Waals surface area contributed by atoms with Gasteiger partial charge >= 0.3 is 5.97 Å². The Balaban J connectivity index is 1.30. The molecule has 3 aromatic rings. The van der Waals surface area contributed by atoms with Gasteiger partial charge < -0.3 is 14.1 Å². The number of esters is 1. The van der Waals surface area contributed by atoms with Gasteiger partial charge in [-0.2, -0.15) is 8.42 Å². The van der Waals surface area contributed by atoms with Gasteiger partial charge in [-0.05, 0) is 25.0 Å². The second-order valence-corrected chi connectivity index (χ2v) is 8.90. The van der Waals surface area contributed by atoms with E-state index in [2.05, 4.69) is 9.38 Å². The largest absolute Gasteiger partial charge is 0.454 e. The molecule has 1 atom stereocenters. The normalized spacial score (nSPS) is 19.2. The Hall–Kier alpha value is -3.46. The summed E-state index contributed by atoms with van der Waals surface area (Å²) in [7, 11) is -3.75. The number of aromatic nitrogens is 1. The van der Waals surface area contributed by atoms with Gasteiger partial charge in [0.2, 0.25) is 5.89 Å². The minimum Gasteiger partial charge on any atom is -0.454 e. The quantitative estimate of drug-likeness (QED) is 0.578. The van der Waals surface area contributed by atoms with Gasteiger partial charge in [0.05, 0.1) is 6.20 Å². The maximum absolute atomic E-state index is 12.8. The molecule has 5 rings (SSSR count). The first-order chi connectivity index (χ1) is 15.0. The number of carbonyl (C=O) groups excluding carboxylic acids is 1. The first-order valence-corrected chi connectivity index (χ1v) is 11.3. The SMILES string of the molecule is O=C(OCc1ncc(-c2ccccc2)o1)C1CCCN1C1=NS(=O)(=O)c2ccccc21. The van der Waals surface area contributed by atoms with E-state index >= 15 is 0 Å². The summed E-state index contributed by atoms with van der Waals surface area (Å²) in [6.07, 6.45) is 2.88. The second kappa shape index (κ2) is 7.66. The van der Waals surface area contributed by atoms with E-state index in [9.17, 15) is 13.2 Å². The van der Waals surface area contributed by atoms with Gasteiger partial charge in [0.1, 0.15) is 10.9 Å². The summed E-state index contributed by atoms with van der Waals surface area (Å²) in [4.78, 5) is 18.9. The van der Waals surface area contributed by atoms with E-state index in [0.717, 1.165) is 12.0 Å². The van der Waals surface area contributed by atoms with Gasteiger partial charge in [-0.15, -0.1) is 4.40 Å². The van der Waals surface area contributed by atoms with Crippen LogP contribution in [0.25, 0.3) is 11.3 Å². The predicted molar refractivity (Wildman–Crippen MR) is 112 cm³/mol. The van der Waals surface area contributed by atoms with Gasteiger partial charge in [0.15, 0.2) is 18.2 Å². The number of amidine groups is 1. The van der Waals surface area contributed by atoms with Crippen molar-refractivity contribution in [1.82, 2.24) is 9.88 Å². The van der Waals surface area contributed by atoms with Gasteiger partial charge in [-0.25, -0.2) is 9.78 Å². The highest BCUT2D eigenvalue weighted by atomic mass is 32.2. The summed E-state index contributed by atoms with van der Waals surface area (Å²) in [5, 5.41) is 0. The lowest BCUT2D eigenvalue weighted by Gasteiger charge is -2.24. The highest BCUT2D eigenvalue weighted by Crippen LogP contribution is 2.31. The number of oxazole rings is 1. The average molecular weight is 437 g/mol. The first-order valence-electron chi connectivity index (χ1n) is 9.91. The number of nitrogens with zero attached hydrogens (tertiary/aromatic N) is 3. The molecule has 1 saturated heterocycles. The number of fused-ring (bicyclic) bond motifs is 1. The Labute approximate surface area is 179 Å². The van der Waals surface area contributed by atoms with Crippen molar-refractivity contribution < 1.29 is 22.4 Å². The van der Waals surface area contributed by atoms with E-state index in [1.165, 1.54) is 6.07 Å². The van der Waals surface area contributed by atoms with E-state index in [0.29, 0.717) is 36.0 Å². The van der Waals surface area contributed by atoms with Crippen LogP contribution in [0.1, 0.15) is 24.3 Å². The molecule has 9 heteroatoms. The summed E-state index contributed by atoms with van der Waals surface area (Å²) in [6, 6.07) is 15.6. The van der Waals surface area contributed by atoms with Crippen LogP contribution in [0.2, 0.25) is 0 Å². The third-order valence-electron chi connectivity index (χ3n) is 5.36. The van der Waals surface area contributed by atoms with Crippen LogP contribution in [0.3, 0.4) is 0 Å². The number of carbonyl (C=O) groups is 1. The lowest BCUT2D eigenvalue weighted by Crippen LogP contribution is -2.41. The van der Waals surface area contributed by atoms with Gasteiger partial charge in [0, 0.05) is 17.7 Å². The minimum atomic E-state index is -3.75. The molecule has 0 aliphatic carbocycles. The Morgan fingerprint density at radius 2 is 1.90 bits per heavy atom. The molecule has 3 heterocycles. The average Bonchev–Trinajstić information content (AvgIpc) is 3.51. The molecule has 0 N–H and O–H groups in total. The van der Waals surface area contributed by atoms with Crippen LogP contribution in [0.15, 0.2) is 74.5 Å². The molecule has 31 heavy (non-hydrogen) atoms. The van der Waals surface area contributed by atoms with Crippen molar-refractivity contribution in [2.75, 3.05) is 6.54 Å². The summed E-state index contributed by atoms with van der Waals surface area (Å²) in [6.45, 7) is 0.428. The second-order valence-electron chi connectivity index (χ2n) is 7.33. The molecule has 1 aromatic heterocycles. The molecule has 1 fully saturated rings. The van der Waals surface area contributed by atoms with Crippen LogP contribution < -0.4 is 0 Å². The van der Waals surface area contributed by atoms with Crippen LogP contribution in [-0.4, -0.2) is 42.7 Å². The highest BCUT2D eigenvalue weighted by molar-refractivity contribution is 7.90. The minimum absolute atomic E-state index is 0.0998. The van der Waals surface area contributed by atoms with Gasteiger partial charge in [-0.3, -0.25) is 0 Å². The third kappa shape index (κ3) is 3.61. The van der Waals surface area contributed by atoms with Crippen molar-refractivity contribution in [3.8, 4) is 11.3 Å². The topological polar surface area (TPSA) is 102 Å². The van der Waals surface area contributed by atoms with Crippen molar-refractivity contribution in [3.63, 3.8) is 0 Å². The monoisotopic (exact) mass is 437 g/mol. The van der Waals surface area contributed by atoms with E-state index < -0.39 is 22.0 Å². The smallest absolute Gasteiger partial charge is 0.329 e. The predicted octanol–water partition coefficient (Wildman–Crippen LogP) is 3.00. The first kappa shape index (κ1) is 19.5. The molecular weight excluding hydrogens is 418 g/mol. The van der Waals surface area contributed by atoms with Crippen molar-refractivity contribution >= 4 is 21.8 Å². The lowest BCUT2D eigenvalue weighted by molar-refractivity contribution is -0.149. The molecule has 158 valence electrons. The van der Waals surface area contributed by atoms with Crippen LogP contribution in [-0.2, 0) is 26.2 Å². The van der Waals surface area contributed by atoms with E-state index in [1.54, 1.807) is 29.3 Å². The number of hydrogen-bond donors (Lipinski definition) is 0. The number of likely N-dealkylation sites (tertiary alicyclic amines) is 1. The van der Waals surface area contributed by atoms with Crippen LogP contribution in [0.4, 0.5) is 0 Å². The molecule has 0 saturated carbocycles. The Kier molecular flexibility index (Phi) is 4.82. The molecule has 1 unspecified atom stereocenters. The van der Waals surface area contributed by atoms with E-state index in [4.69, 9.17) is 9.15 Å².